The number of carbonyl (C=O) groups excluding carboxylic acids is 1. The minimum absolute atomic E-state index is 0.228. The molecule has 2 rings (SSSR count). The number of pyridine rings is 1. The molecular weight excluding hydrogens is 241 g/mol. The molecule has 0 aliphatic heterocycles. The molecule has 2 nitrogen and oxygen atoms in total. The van der Waals surface area contributed by atoms with Gasteiger partial charge in [-0.1, -0.05) is 11.6 Å². The highest BCUT2D eigenvalue weighted by molar-refractivity contribution is 6.31. The average Bonchev–Trinajstić information content (AvgIpc) is 2.32. The fraction of sp³-hybridized carbons (Fsp3) is 0.0769. The molecule has 1 aromatic carbocycles. The first kappa shape index (κ1) is 11.7. The molecule has 0 radical (unpaired) electrons. The highest BCUT2D eigenvalue weighted by Gasteiger charge is 2.11. The van der Waals surface area contributed by atoms with E-state index in [1.807, 2.05) is 6.92 Å². The van der Waals surface area contributed by atoms with Crippen molar-refractivity contribution in [2.45, 2.75) is 6.92 Å². The third-order valence-corrected chi connectivity index (χ3v) is 2.81. The lowest BCUT2D eigenvalue weighted by atomic mass is 10.0. The second-order valence-electron chi connectivity index (χ2n) is 3.68. The van der Waals surface area contributed by atoms with E-state index in [1.54, 1.807) is 18.2 Å². The lowest BCUT2D eigenvalue weighted by molar-refractivity contribution is 0.103. The van der Waals surface area contributed by atoms with Crippen molar-refractivity contribution in [2.75, 3.05) is 0 Å². The fourth-order valence-corrected chi connectivity index (χ4v) is 1.61. The van der Waals surface area contributed by atoms with Gasteiger partial charge in [0.15, 0.2) is 5.78 Å². The lowest BCUT2D eigenvalue weighted by Gasteiger charge is -2.03. The number of ketones is 1. The van der Waals surface area contributed by atoms with Crippen molar-refractivity contribution in [3.8, 4) is 0 Å². The van der Waals surface area contributed by atoms with E-state index in [-0.39, 0.29) is 11.3 Å². The predicted octanol–water partition coefficient (Wildman–Crippen LogP) is 3.41. The van der Waals surface area contributed by atoms with Crippen LogP contribution in [0.3, 0.4) is 0 Å². The van der Waals surface area contributed by atoms with Gasteiger partial charge in [-0.25, -0.2) is 4.39 Å². The van der Waals surface area contributed by atoms with Gasteiger partial charge in [-0.2, -0.15) is 0 Å². The van der Waals surface area contributed by atoms with Crippen LogP contribution in [0, 0.1) is 12.7 Å². The summed E-state index contributed by atoms with van der Waals surface area (Å²) in [7, 11) is 0. The van der Waals surface area contributed by atoms with Crippen LogP contribution in [0.2, 0.25) is 5.02 Å². The van der Waals surface area contributed by atoms with Crippen molar-refractivity contribution in [2.24, 2.45) is 0 Å². The third kappa shape index (κ3) is 2.50. The van der Waals surface area contributed by atoms with Gasteiger partial charge < -0.3 is 0 Å². The maximum absolute atomic E-state index is 13.0. The summed E-state index contributed by atoms with van der Waals surface area (Å²) in [6.07, 6.45) is 2.40. The van der Waals surface area contributed by atoms with Gasteiger partial charge >= 0.3 is 0 Å². The Bertz CT molecular complexity index is 583. The molecule has 1 aromatic heterocycles. The molecule has 0 saturated heterocycles. The van der Waals surface area contributed by atoms with Crippen LogP contribution < -0.4 is 0 Å². The zero-order chi connectivity index (χ0) is 12.4. The van der Waals surface area contributed by atoms with E-state index in [2.05, 4.69) is 4.98 Å². The molecule has 0 amide bonds. The Morgan fingerprint density at radius 2 is 2.00 bits per heavy atom. The van der Waals surface area contributed by atoms with Crippen LogP contribution in [-0.4, -0.2) is 10.8 Å². The van der Waals surface area contributed by atoms with Crippen LogP contribution in [0.5, 0.6) is 0 Å². The summed E-state index contributed by atoms with van der Waals surface area (Å²) in [6.45, 7) is 1.81. The third-order valence-electron chi connectivity index (χ3n) is 2.39. The van der Waals surface area contributed by atoms with Crippen molar-refractivity contribution in [3.05, 3.63) is 64.2 Å². The Balaban J connectivity index is 2.40. The zero-order valence-electron chi connectivity index (χ0n) is 9.08. The number of aryl methyl sites for hydroxylation is 1. The molecular formula is C13H9ClFNO. The van der Waals surface area contributed by atoms with Gasteiger partial charge in [-0.15, -0.1) is 0 Å². The van der Waals surface area contributed by atoms with Crippen LogP contribution in [-0.2, 0) is 0 Å². The lowest BCUT2D eigenvalue weighted by Crippen LogP contribution is -2.02. The number of halogens is 2. The zero-order valence-corrected chi connectivity index (χ0v) is 9.83. The van der Waals surface area contributed by atoms with Crippen LogP contribution in [0.1, 0.15) is 21.5 Å². The highest BCUT2D eigenvalue weighted by Crippen LogP contribution is 2.18. The van der Waals surface area contributed by atoms with E-state index >= 15 is 0 Å². The molecule has 0 saturated carbocycles. The average molecular weight is 250 g/mol. The predicted molar refractivity (Wildman–Crippen MR) is 63.8 cm³/mol. The number of carbonyl (C=O) groups is 1. The van der Waals surface area contributed by atoms with Gasteiger partial charge in [0.25, 0.3) is 0 Å². The maximum Gasteiger partial charge on any atom is 0.194 e. The summed E-state index contributed by atoms with van der Waals surface area (Å²) in [5, 5.41) is 0.596. The number of hydrogen-bond acceptors (Lipinski definition) is 2. The maximum atomic E-state index is 13.0. The molecule has 0 fully saturated rings. The van der Waals surface area contributed by atoms with E-state index in [0.717, 1.165) is 11.8 Å². The van der Waals surface area contributed by atoms with Crippen LogP contribution in [0.25, 0.3) is 0 Å². The first-order valence-corrected chi connectivity index (χ1v) is 5.37. The molecule has 0 N–H and O–H groups in total. The van der Waals surface area contributed by atoms with Crippen LogP contribution in [0.15, 0.2) is 36.7 Å². The summed E-state index contributed by atoms with van der Waals surface area (Å²) in [4.78, 5) is 15.7. The van der Waals surface area contributed by atoms with Gasteiger partial charge in [0.2, 0.25) is 0 Å². The molecule has 0 spiro atoms. The first-order chi connectivity index (χ1) is 8.08. The van der Waals surface area contributed by atoms with Gasteiger partial charge in [0.05, 0.1) is 6.20 Å². The van der Waals surface area contributed by atoms with Gasteiger partial charge in [0.1, 0.15) is 5.82 Å². The molecule has 2 aromatic rings. The Morgan fingerprint density at radius 1 is 1.24 bits per heavy atom. The Morgan fingerprint density at radius 3 is 2.65 bits per heavy atom. The number of nitrogens with zero attached hydrogens (tertiary/aromatic N) is 1. The normalized spacial score (nSPS) is 10.3. The Kier molecular flexibility index (Phi) is 3.20. The van der Waals surface area contributed by atoms with E-state index in [4.69, 9.17) is 11.6 Å². The molecule has 0 bridgehead atoms. The number of rotatable bonds is 2. The molecule has 1 heterocycles. The second-order valence-corrected chi connectivity index (χ2v) is 4.09. The first-order valence-electron chi connectivity index (χ1n) is 4.99. The summed E-state index contributed by atoms with van der Waals surface area (Å²) in [5.74, 6) is -0.793. The van der Waals surface area contributed by atoms with Crippen LogP contribution >= 0.6 is 11.6 Å². The number of hydrogen-bond donors (Lipinski definition) is 0. The van der Waals surface area contributed by atoms with Crippen molar-refractivity contribution < 1.29 is 9.18 Å². The molecule has 0 unspecified atom stereocenters. The highest BCUT2D eigenvalue weighted by atomic mass is 35.5. The SMILES string of the molecule is Cc1cc(C(=O)c2cncc(F)c2)ccc1Cl. The van der Waals surface area contributed by atoms with Gasteiger partial charge in [0, 0.05) is 22.3 Å². The molecule has 0 aliphatic carbocycles. The fourth-order valence-electron chi connectivity index (χ4n) is 1.49. The summed E-state index contributed by atoms with van der Waals surface area (Å²) in [6, 6.07) is 6.11. The quantitative estimate of drug-likeness (QED) is 0.764. The Hall–Kier alpha value is -1.74. The largest absolute Gasteiger partial charge is 0.289 e. The minimum atomic E-state index is -0.526. The van der Waals surface area contributed by atoms with Crippen molar-refractivity contribution in [1.82, 2.24) is 4.98 Å². The topological polar surface area (TPSA) is 30.0 Å². The molecule has 4 heteroatoms. The summed E-state index contributed by atoms with van der Waals surface area (Å²) in [5.41, 5.74) is 1.51. The van der Waals surface area contributed by atoms with E-state index in [1.165, 1.54) is 12.3 Å². The molecule has 17 heavy (non-hydrogen) atoms. The second kappa shape index (κ2) is 4.63. The monoisotopic (exact) mass is 249 g/mol. The number of benzene rings is 1. The van der Waals surface area contributed by atoms with Gasteiger partial charge in [-0.05, 0) is 36.8 Å². The number of aromatic nitrogens is 1. The molecule has 86 valence electrons. The van der Waals surface area contributed by atoms with Crippen molar-refractivity contribution >= 4 is 17.4 Å². The Labute approximate surface area is 103 Å². The minimum Gasteiger partial charge on any atom is -0.289 e. The van der Waals surface area contributed by atoms with Gasteiger partial charge in [-0.3, -0.25) is 9.78 Å². The molecule has 0 aliphatic rings. The van der Waals surface area contributed by atoms with E-state index in [0.29, 0.717) is 10.6 Å². The van der Waals surface area contributed by atoms with Crippen molar-refractivity contribution in [1.29, 1.82) is 0 Å². The van der Waals surface area contributed by atoms with Crippen molar-refractivity contribution in [3.63, 3.8) is 0 Å². The summed E-state index contributed by atoms with van der Waals surface area (Å²) < 4.78 is 13.0. The molecule has 0 atom stereocenters. The van der Waals surface area contributed by atoms with E-state index < -0.39 is 5.82 Å². The van der Waals surface area contributed by atoms with Crippen LogP contribution in [0.4, 0.5) is 4.39 Å². The standard InChI is InChI=1S/C13H9ClFNO/c1-8-4-9(2-3-12(8)14)13(17)10-5-11(15)7-16-6-10/h2-7H,1H3. The summed E-state index contributed by atoms with van der Waals surface area (Å²) >= 11 is 5.87. The van der Waals surface area contributed by atoms with E-state index in [9.17, 15) is 9.18 Å². The smallest absolute Gasteiger partial charge is 0.194 e.